The highest BCUT2D eigenvalue weighted by Crippen LogP contribution is 2.15. The summed E-state index contributed by atoms with van der Waals surface area (Å²) in [5, 5.41) is 11.8. The van der Waals surface area contributed by atoms with Gasteiger partial charge in [0.1, 0.15) is 17.5 Å². The van der Waals surface area contributed by atoms with Crippen LogP contribution in [0.3, 0.4) is 0 Å². The number of benzene rings is 1. The van der Waals surface area contributed by atoms with Gasteiger partial charge in [-0.1, -0.05) is 0 Å². The molecule has 0 saturated carbocycles. The largest absolute Gasteiger partial charge is 0.384 e. The van der Waals surface area contributed by atoms with E-state index < -0.39 is 0 Å². The van der Waals surface area contributed by atoms with Gasteiger partial charge in [0, 0.05) is 5.56 Å². The smallest absolute Gasteiger partial charge is 0.148 e. The van der Waals surface area contributed by atoms with E-state index in [1.54, 1.807) is 4.68 Å². The zero-order valence-electron chi connectivity index (χ0n) is 10.2. The number of hydrogen-bond acceptors (Lipinski definition) is 3. The van der Waals surface area contributed by atoms with Gasteiger partial charge in [-0.05, 0) is 44.5 Å². The Bertz CT molecular complexity index is 583. The summed E-state index contributed by atoms with van der Waals surface area (Å²) in [5.74, 6) is 1.67. The Morgan fingerprint density at radius 3 is 2.47 bits per heavy atom. The van der Waals surface area contributed by atoms with E-state index in [0.29, 0.717) is 0 Å². The summed E-state index contributed by atoms with van der Waals surface area (Å²) < 4.78 is 1.78. The number of aromatic nitrogens is 3. The van der Waals surface area contributed by atoms with Crippen molar-refractivity contribution in [3.05, 3.63) is 41.0 Å². The summed E-state index contributed by atoms with van der Waals surface area (Å²) in [6, 6.07) is 5.69. The fourth-order valence-corrected chi connectivity index (χ4v) is 1.85. The Morgan fingerprint density at radius 1 is 1.29 bits per heavy atom. The third kappa shape index (κ3) is 2.04. The third-order valence-corrected chi connectivity index (χ3v) is 2.62. The monoisotopic (exact) mass is 229 g/mol. The summed E-state index contributed by atoms with van der Waals surface area (Å²) >= 11 is 0. The molecule has 0 aliphatic carbocycles. The maximum Gasteiger partial charge on any atom is 0.148 e. The zero-order chi connectivity index (χ0) is 12.6. The molecule has 2 rings (SSSR count). The number of hydrogen-bond donors (Lipinski definition) is 2. The molecule has 17 heavy (non-hydrogen) atoms. The van der Waals surface area contributed by atoms with Crippen LogP contribution in [0.15, 0.2) is 18.2 Å². The van der Waals surface area contributed by atoms with Gasteiger partial charge in [0.25, 0.3) is 0 Å². The minimum atomic E-state index is 0.0838. The first kappa shape index (κ1) is 11.3. The van der Waals surface area contributed by atoms with Crippen LogP contribution < -0.4 is 5.73 Å². The van der Waals surface area contributed by atoms with Gasteiger partial charge >= 0.3 is 0 Å². The number of nitrogens with two attached hydrogens (primary N) is 1. The van der Waals surface area contributed by atoms with E-state index in [1.165, 1.54) is 0 Å². The third-order valence-electron chi connectivity index (χ3n) is 2.62. The molecule has 0 spiro atoms. The molecule has 0 aliphatic rings. The van der Waals surface area contributed by atoms with Gasteiger partial charge in [0.15, 0.2) is 0 Å². The van der Waals surface area contributed by atoms with E-state index in [1.807, 2.05) is 39.0 Å². The minimum absolute atomic E-state index is 0.0838. The molecule has 0 fully saturated rings. The van der Waals surface area contributed by atoms with Gasteiger partial charge < -0.3 is 5.73 Å². The maximum absolute atomic E-state index is 7.44. The number of nitrogen functional groups attached to an aromatic ring is 1. The first-order chi connectivity index (χ1) is 7.99. The fraction of sp³-hybridized carbons (Fsp3) is 0.250. The lowest BCUT2D eigenvalue weighted by molar-refractivity contribution is 0.830. The maximum atomic E-state index is 7.44. The molecule has 1 heterocycles. The first-order valence-electron chi connectivity index (χ1n) is 5.34. The van der Waals surface area contributed by atoms with Crippen molar-refractivity contribution in [3.8, 4) is 5.69 Å². The van der Waals surface area contributed by atoms with Crippen molar-refractivity contribution >= 4 is 5.84 Å². The number of nitrogens with one attached hydrogen (secondary N) is 1. The van der Waals surface area contributed by atoms with Gasteiger partial charge in [-0.2, -0.15) is 5.10 Å². The minimum Gasteiger partial charge on any atom is -0.384 e. The number of aryl methyl sites for hydroxylation is 3. The quantitative estimate of drug-likeness (QED) is 0.604. The molecule has 0 radical (unpaired) electrons. The zero-order valence-corrected chi connectivity index (χ0v) is 10.2. The molecule has 3 N–H and O–H groups in total. The normalized spacial score (nSPS) is 10.5. The highest BCUT2D eigenvalue weighted by molar-refractivity contribution is 5.96. The summed E-state index contributed by atoms with van der Waals surface area (Å²) in [6.45, 7) is 5.70. The Labute approximate surface area is 99.8 Å². The molecular weight excluding hydrogens is 214 g/mol. The standard InChI is InChI=1S/C12H15N5/c1-7-6-10(4-5-11(7)12(13)14)17-9(3)15-8(2)16-17/h4-6H,1-3H3,(H3,13,14). The average Bonchev–Trinajstić information content (AvgIpc) is 2.57. The fourth-order valence-electron chi connectivity index (χ4n) is 1.85. The van der Waals surface area contributed by atoms with E-state index >= 15 is 0 Å². The van der Waals surface area contributed by atoms with Crippen LogP contribution in [-0.2, 0) is 0 Å². The molecule has 0 bridgehead atoms. The molecule has 0 amide bonds. The lowest BCUT2D eigenvalue weighted by Crippen LogP contribution is -2.13. The van der Waals surface area contributed by atoms with Crippen molar-refractivity contribution in [3.63, 3.8) is 0 Å². The van der Waals surface area contributed by atoms with Crippen LogP contribution in [0.4, 0.5) is 0 Å². The van der Waals surface area contributed by atoms with Gasteiger partial charge in [0.2, 0.25) is 0 Å². The van der Waals surface area contributed by atoms with Crippen LogP contribution in [0.2, 0.25) is 0 Å². The highest BCUT2D eigenvalue weighted by Gasteiger charge is 2.07. The van der Waals surface area contributed by atoms with Gasteiger partial charge in [0.05, 0.1) is 5.69 Å². The van der Waals surface area contributed by atoms with Crippen LogP contribution in [-0.4, -0.2) is 20.6 Å². The summed E-state index contributed by atoms with van der Waals surface area (Å²) in [4.78, 5) is 4.26. The van der Waals surface area contributed by atoms with Crippen LogP contribution in [0.25, 0.3) is 5.69 Å². The molecule has 5 heteroatoms. The Morgan fingerprint density at radius 2 is 2.00 bits per heavy atom. The topological polar surface area (TPSA) is 80.6 Å². The molecule has 2 aromatic rings. The lowest BCUT2D eigenvalue weighted by Gasteiger charge is -2.08. The van der Waals surface area contributed by atoms with E-state index in [9.17, 15) is 0 Å². The predicted molar refractivity (Wildman–Crippen MR) is 66.6 cm³/mol. The summed E-state index contributed by atoms with van der Waals surface area (Å²) in [5.41, 5.74) is 8.14. The van der Waals surface area contributed by atoms with Crippen molar-refractivity contribution in [1.82, 2.24) is 14.8 Å². The van der Waals surface area contributed by atoms with E-state index in [-0.39, 0.29) is 5.84 Å². The van der Waals surface area contributed by atoms with Crippen molar-refractivity contribution in [2.75, 3.05) is 0 Å². The number of nitrogens with zero attached hydrogens (tertiary/aromatic N) is 3. The van der Waals surface area contributed by atoms with E-state index in [0.717, 1.165) is 28.5 Å². The second-order valence-corrected chi connectivity index (χ2v) is 4.03. The predicted octanol–water partition coefficient (Wildman–Crippen LogP) is 1.48. The molecule has 1 aromatic heterocycles. The van der Waals surface area contributed by atoms with Crippen LogP contribution >= 0.6 is 0 Å². The lowest BCUT2D eigenvalue weighted by atomic mass is 10.1. The average molecular weight is 229 g/mol. The SMILES string of the molecule is Cc1nc(C)n(-c2ccc(C(=N)N)c(C)c2)n1. The van der Waals surface area contributed by atoms with Crippen LogP contribution in [0, 0.1) is 26.2 Å². The summed E-state index contributed by atoms with van der Waals surface area (Å²) in [7, 11) is 0. The van der Waals surface area contributed by atoms with Crippen molar-refractivity contribution in [2.24, 2.45) is 5.73 Å². The van der Waals surface area contributed by atoms with Gasteiger partial charge in [-0.25, -0.2) is 9.67 Å². The molecule has 0 saturated heterocycles. The Kier molecular flexibility index (Phi) is 2.67. The van der Waals surface area contributed by atoms with Crippen molar-refractivity contribution < 1.29 is 0 Å². The molecule has 0 unspecified atom stereocenters. The molecule has 88 valence electrons. The van der Waals surface area contributed by atoms with Crippen LogP contribution in [0.1, 0.15) is 22.8 Å². The second-order valence-electron chi connectivity index (χ2n) is 4.03. The van der Waals surface area contributed by atoms with Crippen LogP contribution in [0.5, 0.6) is 0 Å². The molecule has 0 aliphatic heterocycles. The number of amidine groups is 1. The van der Waals surface area contributed by atoms with E-state index in [4.69, 9.17) is 11.1 Å². The highest BCUT2D eigenvalue weighted by atomic mass is 15.3. The van der Waals surface area contributed by atoms with Gasteiger partial charge in [-0.3, -0.25) is 5.41 Å². The van der Waals surface area contributed by atoms with Crippen molar-refractivity contribution in [2.45, 2.75) is 20.8 Å². The van der Waals surface area contributed by atoms with E-state index in [2.05, 4.69) is 10.1 Å². The molecular formula is C12H15N5. The Balaban J connectivity index is 2.51. The van der Waals surface area contributed by atoms with Crippen molar-refractivity contribution in [1.29, 1.82) is 5.41 Å². The Hall–Kier alpha value is -2.17. The summed E-state index contributed by atoms with van der Waals surface area (Å²) in [6.07, 6.45) is 0. The molecule has 5 nitrogen and oxygen atoms in total. The molecule has 0 atom stereocenters. The molecule has 1 aromatic carbocycles. The van der Waals surface area contributed by atoms with Gasteiger partial charge in [-0.15, -0.1) is 0 Å². The first-order valence-corrected chi connectivity index (χ1v) is 5.34. The second kappa shape index (κ2) is 4.01. The number of rotatable bonds is 2.